The molecule has 1 unspecified atom stereocenters. The Kier molecular flexibility index (Phi) is 4.71. The zero-order valence-corrected chi connectivity index (χ0v) is 13.1. The summed E-state index contributed by atoms with van der Waals surface area (Å²) < 4.78 is 0. The molecule has 2 fully saturated rings. The number of carbonyl (C=O) groups excluding carboxylic acids is 2. The van der Waals surface area contributed by atoms with Crippen LogP contribution in [-0.4, -0.2) is 34.8 Å². The molecule has 1 saturated heterocycles. The Balaban J connectivity index is 2.14. The van der Waals surface area contributed by atoms with E-state index in [0.717, 1.165) is 25.7 Å². The molecule has 0 aromatic heterocycles. The van der Waals surface area contributed by atoms with Gasteiger partial charge in [0.2, 0.25) is 11.8 Å². The number of hydrogen-bond donors (Lipinski definition) is 1. The Hall–Kier alpha value is -1.06. The standard InChI is InChI=1S/C16H28N2O2/c1-4-10-16(2,3)18-11-13(19)17-14(15(18)20)12-8-6-5-7-9-12/h12,14H,4-11H2,1-3H3,(H,17,19). The smallest absolute Gasteiger partial charge is 0.246 e. The molecule has 1 saturated carbocycles. The molecule has 2 aliphatic rings. The SMILES string of the molecule is CCCC(C)(C)N1CC(=O)NC(C2CCCCC2)C1=O. The van der Waals surface area contributed by atoms with Gasteiger partial charge in [-0.15, -0.1) is 0 Å². The van der Waals surface area contributed by atoms with E-state index in [1.807, 2.05) is 4.90 Å². The number of carbonyl (C=O) groups is 2. The fourth-order valence-corrected chi connectivity index (χ4v) is 3.72. The summed E-state index contributed by atoms with van der Waals surface area (Å²) in [7, 11) is 0. The summed E-state index contributed by atoms with van der Waals surface area (Å²) in [6.07, 6.45) is 7.72. The van der Waals surface area contributed by atoms with Crippen molar-refractivity contribution in [2.24, 2.45) is 5.92 Å². The molecular weight excluding hydrogens is 252 g/mol. The zero-order valence-electron chi connectivity index (χ0n) is 13.1. The molecule has 0 aromatic rings. The molecule has 0 bridgehead atoms. The molecule has 0 spiro atoms. The van der Waals surface area contributed by atoms with E-state index in [9.17, 15) is 9.59 Å². The van der Waals surface area contributed by atoms with Gasteiger partial charge in [-0.3, -0.25) is 9.59 Å². The average molecular weight is 280 g/mol. The largest absolute Gasteiger partial charge is 0.342 e. The highest BCUT2D eigenvalue weighted by Crippen LogP contribution is 2.31. The molecule has 1 aliphatic heterocycles. The van der Waals surface area contributed by atoms with Gasteiger partial charge >= 0.3 is 0 Å². The van der Waals surface area contributed by atoms with E-state index in [-0.39, 0.29) is 29.9 Å². The Labute approximate surface area is 122 Å². The molecule has 2 amide bonds. The second-order valence-electron chi connectivity index (χ2n) is 6.93. The van der Waals surface area contributed by atoms with E-state index < -0.39 is 0 Å². The van der Waals surface area contributed by atoms with Gasteiger partial charge in [-0.1, -0.05) is 32.6 Å². The molecule has 1 atom stereocenters. The van der Waals surface area contributed by atoms with Crippen LogP contribution >= 0.6 is 0 Å². The Morgan fingerprint density at radius 3 is 2.45 bits per heavy atom. The molecule has 0 aromatic carbocycles. The number of piperazine rings is 1. The topological polar surface area (TPSA) is 49.4 Å². The monoisotopic (exact) mass is 280 g/mol. The lowest BCUT2D eigenvalue weighted by molar-refractivity contribution is -0.152. The molecule has 114 valence electrons. The number of rotatable bonds is 4. The molecule has 4 nitrogen and oxygen atoms in total. The van der Waals surface area contributed by atoms with Crippen LogP contribution in [0.15, 0.2) is 0 Å². The summed E-state index contributed by atoms with van der Waals surface area (Å²) in [5.41, 5.74) is -0.226. The van der Waals surface area contributed by atoms with Crippen molar-refractivity contribution in [3.63, 3.8) is 0 Å². The highest BCUT2D eigenvalue weighted by molar-refractivity contribution is 5.95. The van der Waals surface area contributed by atoms with Crippen molar-refractivity contribution in [2.45, 2.75) is 77.3 Å². The van der Waals surface area contributed by atoms with Crippen LogP contribution in [0.25, 0.3) is 0 Å². The van der Waals surface area contributed by atoms with Crippen LogP contribution in [0.5, 0.6) is 0 Å². The van der Waals surface area contributed by atoms with Gasteiger partial charge in [0.1, 0.15) is 12.6 Å². The summed E-state index contributed by atoms with van der Waals surface area (Å²) in [4.78, 5) is 26.6. The highest BCUT2D eigenvalue weighted by Gasteiger charge is 2.42. The van der Waals surface area contributed by atoms with Gasteiger partial charge in [-0.25, -0.2) is 0 Å². The second kappa shape index (κ2) is 6.15. The summed E-state index contributed by atoms with van der Waals surface area (Å²) in [6.45, 7) is 6.49. The molecule has 1 N–H and O–H groups in total. The van der Waals surface area contributed by atoms with Crippen LogP contribution in [0.3, 0.4) is 0 Å². The maximum Gasteiger partial charge on any atom is 0.246 e. The molecular formula is C16H28N2O2. The summed E-state index contributed by atoms with van der Waals surface area (Å²) in [5, 5.41) is 2.95. The zero-order chi connectivity index (χ0) is 14.8. The van der Waals surface area contributed by atoms with E-state index in [0.29, 0.717) is 5.92 Å². The molecule has 1 aliphatic carbocycles. The summed E-state index contributed by atoms with van der Waals surface area (Å²) in [5.74, 6) is 0.472. The first kappa shape index (κ1) is 15.3. The van der Waals surface area contributed by atoms with Crippen molar-refractivity contribution >= 4 is 11.8 Å². The molecule has 2 rings (SSSR count). The first-order chi connectivity index (χ1) is 9.45. The Morgan fingerprint density at radius 2 is 1.85 bits per heavy atom. The van der Waals surface area contributed by atoms with Crippen molar-refractivity contribution in [3.05, 3.63) is 0 Å². The van der Waals surface area contributed by atoms with E-state index in [1.165, 1.54) is 19.3 Å². The number of hydrogen-bond acceptors (Lipinski definition) is 2. The van der Waals surface area contributed by atoms with Gasteiger partial charge in [0.15, 0.2) is 0 Å². The minimum atomic E-state index is -0.285. The van der Waals surface area contributed by atoms with E-state index in [1.54, 1.807) is 0 Å². The third-order valence-corrected chi connectivity index (χ3v) is 4.86. The molecule has 0 radical (unpaired) electrons. The number of nitrogens with zero attached hydrogens (tertiary/aromatic N) is 1. The third kappa shape index (κ3) is 3.15. The van der Waals surface area contributed by atoms with Gasteiger partial charge in [0.25, 0.3) is 0 Å². The summed E-state index contributed by atoms with van der Waals surface area (Å²) >= 11 is 0. The Morgan fingerprint density at radius 1 is 1.20 bits per heavy atom. The van der Waals surface area contributed by atoms with Crippen LogP contribution in [-0.2, 0) is 9.59 Å². The first-order valence-electron chi connectivity index (χ1n) is 8.06. The molecule has 1 heterocycles. The van der Waals surface area contributed by atoms with Crippen LogP contribution < -0.4 is 5.32 Å². The molecule has 4 heteroatoms. The number of amides is 2. The first-order valence-corrected chi connectivity index (χ1v) is 8.06. The fraction of sp³-hybridized carbons (Fsp3) is 0.875. The lowest BCUT2D eigenvalue weighted by Crippen LogP contribution is -2.65. The lowest BCUT2D eigenvalue weighted by Gasteiger charge is -2.45. The quantitative estimate of drug-likeness (QED) is 0.860. The van der Waals surface area contributed by atoms with Crippen LogP contribution in [0.4, 0.5) is 0 Å². The van der Waals surface area contributed by atoms with Crippen LogP contribution in [0.1, 0.15) is 65.7 Å². The maximum absolute atomic E-state index is 12.8. The van der Waals surface area contributed by atoms with E-state index >= 15 is 0 Å². The van der Waals surface area contributed by atoms with Gasteiger partial charge in [0.05, 0.1) is 0 Å². The van der Waals surface area contributed by atoms with Crippen molar-refractivity contribution in [3.8, 4) is 0 Å². The van der Waals surface area contributed by atoms with Gasteiger partial charge in [-0.05, 0) is 39.0 Å². The van der Waals surface area contributed by atoms with E-state index in [4.69, 9.17) is 0 Å². The predicted molar refractivity (Wildman–Crippen MR) is 79.2 cm³/mol. The normalized spacial score (nSPS) is 25.8. The van der Waals surface area contributed by atoms with Gasteiger partial charge in [-0.2, -0.15) is 0 Å². The number of nitrogens with one attached hydrogen (secondary N) is 1. The molecule has 20 heavy (non-hydrogen) atoms. The van der Waals surface area contributed by atoms with Gasteiger partial charge < -0.3 is 10.2 Å². The summed E-state index contributed by atoms with van der Waals surface area (Å²) in [6, 6.07) is -0.285. The Bertz CT molecular complexity index is 373. The minimum Gasteiger partial charge on any atom is -0.342 e. The predicted octanol–water partition coefficient (Wildman–Crippen LogP) is 2.47. The van der Waals surface area contributed by atoms with Crippen molar-refractivity contribution in [2.75, 3.05) is 6.54 Å². The van der Waals surface area contributed by atoms with Gasteiger partial charge in [0, 0.05) is 5.54 Å². The fourth-order valence-electron chi connectivity index (χ4n) is 3.72. The van der Waals surface area contributed by atoms with E-state index in [2.05, 4.69) is 26.1 Å². The van der Waals surface area contributed by atoms with Crippen molar-refractivity contribution in [1.82, 2.24) is 10.2 Å². The second-order valence-corrected chi connectivity index (χ2v) is 6.93. The maximum atomic E-state index is 12.8. The lowest BCUT2D eigenvalue weighted by atomic mass is 9.81. The third-order valence-electron chi connectivity index (χ3n) is 4.86. The minimum absolute atomic E-state index is 0.00403. The van der Waals surface area contributed by atoms with Crippen molar-refractivity contribution < 1.29 is 9.59 Å². The van der Waals surface area contributed by atoms with Crippen LogP contribution in [0.2, 0.25) is 0 Å². The average Bonchev–Trinajstić information content (AvgIpc) is 2.42. The highest BCUT2D eigenvalue weighted by atomic mass is 16.2. The van der Waals surface area contributed by atoms with Crippen molar-refractivity contribution in [1.29, 1.82) is 0 Å². The van der Waals surface area contributed by atoms with Crippen LogP contribution in [0, 0.1) is 5.92 Å².